The van der Waals surface area contributed by atoms with Gasteiger partial charge in [0.2, 0.25) is 6.10 Å². The van der Waals surface area contributed by atoms with Crippen LogP contribution in [0.5, 0.6) is 0 Å². The minimum Gasteiger partial charge on any atom is -0.463 e. The summed E-state index contributed by atoms with van der Waals surface area (Å²) >= 11 is 0. The Kier molecular flexibility index (Phi) is 9.31. The molecular formula is C31H46O11. The van der Waals surface area contributed by atoms with Gasteiger partial charge in [0.05, 0.1) is 35.4 Å². The molecule has 0 N–H and O–H groups in total. The maximum Gasteiger partial charge on any atom is 0.347 e. The standard InChI is InChI=1S/C31H46O11/c1-8-11-37-17(3)39-27(35)30(6,9-2)16-31(7,15-29(4,5)26(34)40-21-10-12-38-25(21)33)28(36)42-22-18-13-19-20(14-18)24(32)41-23(19)22/h17-23H,8-16H2,1-7H3. The lowest BCUT2D eigenvalue weighted by Crippen LogP contribution is -2.47. The minimum absolute atomic E-state index is 0.0186. The van der Waals surface area contributed by atoms with Gasteiger partial charge in [-0.2, -0.15) is 0 Å². The van der Waals surface area contributed by atoms with E-state index in [1.165, 1.54) is 0 Å². The van der Waals surface area contributed by atoms with Gasteiger partial charge in [-0.3, -0.25) is 19.2 Å². The van der Waals surface area contributed by atoms with E-state index in [2.05, 4.69) is 0 Å². The molecule has 4 rings (SSSR count). The number of hydrogen-bond acceptors (Lipinski definition) is 11. The summed E-state index contributed by atoms with van der Waals surface area (Å²) in [4.78, 5) is 65.2. The van der Waals surface area contributed by atoms with Gasteiger partial charge in [-0.25, -0.2) is 4.79 Å². The molecule has 0 aromatic carbocycles. The van der Waals surface area contributed by atoms with Crippen molar-refractivity contribution >= 4 is 29.8 Å². The number of esters is 5. The van der Waals surface area contributed by atoms with Gasteiger partial charge in [0.25, 0.3) is 0 Å². The quantitative estimate of drug-likeness (QED) is 0.164. The van der Waals surface area contributed by atoms with Crippen LogP contribution in [0.25, 0.3) is 0 Å². The van der Waals surface area contributed by atoms with Crippen LogP contribution in [0.15, 0.2) is 0 Å². The molecule has 2 bridgehead atoms. The average molecular weight is 595 g/mol. The summed E-state index contributed by atoms with van der Waals surface area (Å²) < 4.78 is 33.3. The molecule has 0 radical (unpaired) electrons. The third kappa shape index (κ3) is 6.31. The second-order valence-electron chi connectivity index (χ2n) is 13.7. The van der Waals surface area contributed by atoms with Crippen LogP contribution in [0.2, 0.25) is 0 Å². The summed E-state index contributed by atoms with van der Waals surface area (Å²) in [5, 5.41) is 0. The van der Waals surface area contributed by atoms with Crippen molar-refractivity contribution in [1.29, 1.82) is 0 Å². The fraction of sp³-hybridized carbons (Fsp3) is 0.839. The first-order valence-electron chi connectivity index (χ1n) is 15.3. The summed E-state index contributed by atoms with van der Waals surface area (Å²) in [5.74, 6) is -2.64. The molecule has 0 aromatic heterocycles. The molecule has 2 saturated heterocycles. The highest BCUT2D eigenvalue weighted by Gasteiger charge is 2.64. The number of rotatable bonds is 14. The Morgan fingerprint density at radius 3 is 2.26 bits per heavy atom. The smallest absolute Gasteiger partial charge is 0.347 e. The van der Waals surface area contributed by atoms with Crippen LogP contribution in [-0.2, 0) is 52.4 Å². The van der Waals surface area contributed by atoms with Crippen LogP contribution >= 0.6 is 0 Å². The Morgan fingerprint density at radius 2 is 1.64 bits per heavy atom. The first-order valence-corrected chi connectivity index (χ1v) is 15.3. The normalized spacial score (nSPS) is 31.5. The maximum absolute atomic E-state index is 14.2. The predicted molar refractivity (Wildman–Crippen MR) is 146 cm³/mol. The molecule has 2 aliphatic heterocycles. The van der Waals surface area contributed by atoms with Gasteiger partial charge in [0.15, 0.2) is 6.29 Å². The van der Waals surface area contributed by atoms with E-state index in [1.807, 2.05) is 13.8 Å². The molecule has 0 spiro atoms. The maximum atomic E-state index is 14.2. The van der Waals surface area contributed by atoms with Crippen LogP contribution in [0.3, 0.4) is 0 Å². The van der Waals surface area contributed by atoms with Crippen LogP contribution in [0, 0.1) is 34.0 Å². The molecule has 2 aliphatic carbocycles. The molecule has 2 heterocycles. The zero-order valence-corrected chi connectivity index (χ0v) is 25.9. The second-order valence-corrected chi connectivity index (χ2v) is 13.7. The van der Waals surface area contributed by atoms with Gasteiger partial charge >= 0.3 is 29.8 Å². The number of hydrogen-bond donors (Lipinski definition) is 0. The van der Waals surface area contributed by atoms with Crippen LogP contribution in [0.1, 0.15) is 93.4 Å². The molecule has 11 heteroatoms. The van der Waals surface area contributed by atoms with Crippen molar-refractivity contribution in [2.45, 2.75) is 118 Å². The van der Waals surface area contributed by atoms with E-state index in [1.54, 1.807) is 34.6 Å². The van der Waals surface area contributed by atoms with Crippen molar-refractivity contribution in [2.75, 3.05) is 13.2 Å². The van der Waals surface area contributed by atoms with Crippen molar-refractivity contribution in [2.24, 2.45) is 34.0 Å². The lowest BCUT2D eigenvalue weighted by Gasteiger charge is -2.41. The van der Waals surface area contributed by atoms with E-state index in [0.717, 1.165) is 12.8 Å². The SMILES string of the molecule is CCCOC(C)OC(=O)C(C)(CC)CC(C)(CC(C)(C)C(=O)OC1CCOC1=O)C(=O)OC1C2CC3C(=O)OC1C3C2. The van der Waals surface area contributed by atoms with Gasteiger partial charge in [0, 0.05) is 18.3 Å². The zero-order chi connectivity index (χ0) is 31.0. The van der Waals surface area contributed by atoms with E-state index >= 15 is 0 Å². The highest BCUT2D eigenvalue weighted by atomic mass is 16.7. The van der Waals surface area contributed by atoms with Crippen molar-refractivity contribution in [3.8, 4) is 0 Å². The Hall–Kier alpha value is -2.69. The van der Waals surface area contributed by atoms with Crippen molar-refractivity contribution < 1.29 is 52.4 Å². The first-order chi connectivity index (χ1) is 19.6. The Labute approximate surface area is 247 Å². The van der Waals surface area contributed by atoms with Gasteiger partial charge in [-0.05, 0) is 73.1 Å². The van der Waals surface area contributed by atoms with E-state index < -0.39 is 64.7 Å². The molecule has 42 heavy (non-hydrogen) atoms. The van der Waals surface area contributed by atoms with Gasteiger partial charge in [-0.1, -0.05) is 13.8 Å². The lowest BCUT2D eigenvalue weighted by molar-refractivity contribution is -0.191. The summed E-state index contributed by atoms with van der Waals surface area (Å²) in [6.07, 6.45) is -0.0439. The highest BCUT2D eigenvalue weighted by molar-refractivity contribution is 5.85. The van der Waals surface area contributed by atoms with Gasteiger partial charge in [-0.15, -0.1) is 0 Å². The summed E-state index contributed by atoms with van der Waals surface area (Å²) in [5.41, 5.74) is -3.70. The largest absolute Gasteiger partial charge is 0.463 e. The molecule has 0 amide bonds. The monoisotopic (exact) mass is 594 g/mol. The predicted octanol–water partition coefficient (Wildman–Crippen LogP) is 3.88. The van der Waals surface area contributed by atoms with E-state index in [4.69, 9.17) is 28.4 Å². The summed E-state index contributed by atoms with van der Waals surface area (Å²) in [6, 6.07) is 0. The molecular weight excluding hydrogens is 548 g/mol. The summed E-state index contributed by atoms with van der Waals surface area (Å²) in [6.45, 7) is 12.7. The fourth-order valence-electron chi connectivity index (χ4n) is 7.27. The minimum atomic E-state index is -1.35. The van der Waals surface area contributed by atoms with E-state index in [0.29, 0.717) is 19.4 Å². The molecule has 2 saturated carbocycles. The third-order valence-corrected chi connectivity index (χ3v) is 9.55. The van der Waals surface area contributed by atoms with Crippen molar-refractivity contribution in [3.63, 3.8) is 0 Å². The topological polar surface area (TPSA) is 141 Å². The molecule has 4 aliphatic rings. The summed E-state index contributed by atoms with van der Waals surface area (Å²) in [7, 11) is 0. The van der Waals surface area contributed by atoms with Crippen molar-refractivity contribution in [1.82, 2.24) is 0 Å². The average Bonchev–Trinajstić information content (AvgIpc) is 3.66. The highest BCUT2D eigenvalue weighted by Crippen LogP contribution is 2.56. The molecule has 4 fully saturated rings. The van der Waals surface area contributed by atoms with Gasteiger partial charge < -0.3 is 28.4 Å². The molecule has 236 valence electrons. The lowest BCUT2D eigenvalue weighted by atomic mass is 9.65. The Morgan fingerprint density at radius 1 is 0.929 bits per heavy atom. The number of fused-ring (bicyclic) bond motifs is 1. The zero-order valence-electron chi connectivity index (χ0n) is 25.9. The number of carbonyl (C=O) groups is 5. The van der Waals surface area contributed by atoms with E-state index in [-0.39, 0.29) is 49.6 Å². The molecule has 9 atom stereocenters. The van der Waals surface area contributed by atoms with Gasteiger partial charge in [0.1, 0.15) is 12.2 Å². The Bertz CT molecular complexity index is 1080. The molecule has 0 aromatic rings. The van der Waals surface area contributed by atoms with Crippen LogP contribution in [-0.4, -0.2) is 67.7 Å². The third-order valence-electron chi connectivity index (χ3n) is 9.55. The van der Waals surface area contributed by atoms with E-state index in [9.17, 15) is 24.0 Å². The fourth-order valence-corrected chi connectivity index (χ4v) is 7.27. The Balaban J connectivity index is 1.56. The number of cyclic esters (lactones) is 1. The van der Waals surface area contributed by atoms with Crippen LogP contribution < -0.4 is 0 Å². The number of ether oxygens (including phenoxy) is 6. The molecule has 11 nitrogen and oxygen atoms in total. The number of carbonyl (C=O) groups excluding carboxylic acids is 5. The second kappa shape index (κ2) is 12.1. The molecule has 9 unspecified atom stereocenters. The first kappa shape index (κ1) is 32.2. The van der Waals surface area contributed by atoms with Crippen molar-refractivity contribution in [3.05, 3.63) is 0 Å². The van der Waals surface area contributed by atoms with Crippen LogP contribution in [0.4, 0.5) is 0 Å².